The maximum Gasteiger partial charge on any atom is 0.410 e. The van der Waals surface area contributed by atoms with Crippen LogP contribution in [0.1, 0.15) is 48.0 Å². The SMILES string of the molecule is CC(C)(C)OC(=O)N1CC2(CO[Si](c3ccccc3)(c3ccccc3)C(C)(C)C)CC1CO2. The van der Waals surface area contributed by atoms with E-state index in [1.54, 1.807) is 0 Å². The van der Waals surface area contributed by atoms with E-state index in [4.69, 9.17) is 13.9 Å². The molecule has 2 aromatic carbocycles. The minimum atomic E-state index is -2.66. The summed E-state index contributed by atoms with van der Waals surface area (Å²) in [7, 11) is -2.66. The van der Waals surface area contributed by atoms with E-state index in [9.17, 15) is 4.79 Å². The minimum Gasteiger partial charge on any atom is -0.444 e. The Balaban J connectivity index is 1.64. The van der Waals surface area contributed by atoms with Crippen molar-refractivity contribution >= 4 is 24.8 Å². The van der Waals surface area contributed by atoms with Crippen molar-refractivity contribution in [3.63, 3.8) is 0 Å². The summed E-state index contributed by atoms with van der Waals surface area (Å²) in [5.41, 5.74) is -1.01. The molecule has 0 aromatic heterocycles. The summed E-state index contributed by atoms with van der Waals surface area (Å²) in [5.74, 6) is 0. The molecule has 6 heteroatoms. The van der Waals surface area contributed by atoms with E-state index in [-0.39, 0.29) is 17.2 Å². The fourth-order valence-electron chi connectivity index (χ4n) is 5.25. The van der Waals surface area contributed by atoms with Gasteiger partial charge in [0.2, 0.25) is 0 Å². The summed E-state index contributed by atoms with van der Waals surface area (Å²) in [6, 6.07) is 21.3. The van der Waals surface area contributed by atoms with Crippen molar-refractivity contribution in [2.75, 3.05) is 19.8 Å². The fourth-order valence-corrected chi connectivity index (χ4v) is 9.89. The first-order valence-corrected chi connectivity index (χ1v) is 13.8. The van der Waals surface area contributed by atoms with Crippen molar-refractivity contribution in [2.24, 2.45) is 0 Å². The zero-order valence-corrected chi connectivity index (χ0v) is 21.8. The van der Waals surface area contributed by atoms with Crippen LogP contribution in [0.4, 0.5) is 4.79 Å². The molecule has 2 aliphatic rings. The molecule has 178 valence electrons. The molecular weight excluding hydrogens is 430 g/mol. The molecule has 0 saturated carbocycles. The van der Waals surface area contributed by atoms with Gasteiger partial charge in [-0.3, -0.25) is 4.90 Å². The molecule has 4 rings (SSSR count). The number of ether oxygens (including phenoxy) is 2. The second-order valence-electron chi connectivity index (χ2n) is 11.4. The Kier molecular flexibility index (Phi) is 6.23. The highest BCUT2D eigenvalue weighted by atomic mass is 28.4. The van der Waals surface area contributed by atoms with Gasteiger partial charge in [0.05, 0.1) is 25.8 Å². The van der Waals surface area contributed by atoms with Gasteiger partial charge in [-0.25, -0.2) is 4.79 Å². The lowest BCUT2D eigenvalue weighted by Gasteiger charge is -2.45. The first kappa shape index (κ1) is 24.0. The minimum absolute atomic E-state index is 0.0441. The number of hydrogen-bond acceptors (Lipinski definition) is 4. The molecular formula is C27H37NO4Si. The molecule has 2 fully saturated rings. The molecule has 0 aliphatic carbocycles. The van der Waals surface area contributed by atoms with Gasteiger partial charge < -0.3 is 13.9 Å². The maximum absolute atomic E-state index is 12.8. The Morgan fingerprint density at radius 2 is 1.55 bits per heavy atom. The monoisotopic (exact) mass is 467 g/mol. The van der Waals surface area contributed by atoms with Crippen molar-refractivity contribution in [1.29, 1.82) is 0 Å². The molecule has 2 unspecified atom stereocenters. The van der Waals surface area contributed by atoms with Gasteiger partial charge in [0, 0.05) is 6.42 Å². The summed E-state index contributed by atoms with van der Waals surface area (Å²) >= 11 is 0. The van der Waals surface area contributed by atoms with Gasteiger partial charge in [0.15, 0.2) is 0 Å². The second kappa shape index (κ2) is 8.57. The fraction of sp³-hybridized carbons (Fsp3) is 0.519. The Morgan fingerprint density at radius 1 is 1.00 bits per heavy atom. The summed E-state index contributed by atoms with van der Waals surface area (Å²) in [5, 5.41) is 2.39. The quantitative estimate of drug-likeness (QED) is 0.614. The number of carbonyl (C=O) groups is 1. The first-order chi connectivity index (χ1) is 15.5. The van der Waals surface area contributed by atoms with Crippen LogP contribution >= 0.6 is 0 Å². The summed E-state index contributed by atoms with van der Waals surface area (Å²) < 4.78 is 19.1. The standard InChI is InChI=1S/C27H37NO4Si/c1-25(2,3)32-24(29)28-19-27(17-21(28)18-30-27)20-31-33(26(4,5)6,22-13-9-7-10-14-22)23-15-11-8-12-16-23/h7-16,21H,17-20H2,1-6H3. The number of fused-ring (bicyclic) bond motifs is 2. The largest absolute Gasteiger partial charge is 0.444 e. The lowest BCUT2D eigenvalue weighted by Crippen LogP contribution is -2.67. The van der Waals surface area contributed by atoms with Crippen LogP contribution < -0.4 is 10.4 Å². The van der Waals surface area contributed by atoms with E-state index >= 15 is 0 Å². The van der Waals surface area contributed by atoms with Gasteiger partial charge in [-0.2, -0.15) is 0 Å². The number of nitrogens with zero attached hydrogens (tertiary/aromatic N) is 1. The molecule has 2 bridgehead atoms. The number of amides is 1. The molecule has 2 saturated heterocycles. The number of carbonyl (C=O) groups excluding carboxylic acids is 1. The summed E-state index contributed by atoms with van der Waals surface area (Å²) in [6.45, 7) is 14.0. The van der Waals surface area contributed by atoms with E-state index in [0.717, 1.165) is 6.42 Å². The maximum atomic E-state index is 12.8. The number of likely N-dealkylation sites (tertiary alicyclic amines) is 1. The topological polar surface area (TPSA) is 48.0 Å². The van der Waals surface area contributed by atoms with Crippen molar-refractivity contribution in [3.05, 3.63) is 60.7 Å². The van der Waals surface area contributed by atoms with Gasteiger partial charge in [-0.15, -0.1) is 0 Å². The Bertz CT molecular complexity index is 928. The molecule has 2 atom stereocenters. The van der Waals surface area contributed by atoms with Crippen LogP contribution in [0.25, 0.3) is 0 Å². The van der Waals surface area contributed by atoms with E-state index in [2.05, 4.69) is 81.4 Å². The Hall–Kier alpha value is -2.15. The van der Waals surface area contributed by atoms with Gasteiger partial charge >= 0.3 is 6.09 Å². The van der Waals surface area contributed by atoms with Gasteiger partial charge in [0.25, 0.3) is 8.32 Å². The van der Waals surface area contributed by atoms with Crippen LogP contribution in [-0.4, -0.2) is 56.3 Å². The normalized spacial score (nSPS) is 23.1. The average molecular weight is 468 g/mol. The smallest absolute Gasteiger partial charge is 0.410 e. The van der Waals surface area contributed by atoms with E-state index < -0.39 is 19.5 Å². The van der Waals surface area contributed by atoms with Crippen LogP contribution in [0.5, 0.6) is 0 Å². The molecule has 5 nitrogen and oxygen atoms in total. The van der Waals surface area contributed by atoms with Crippen molar-refractivity contribution in [3.8, 4) is 0 Å². The van der Waals surface area contributed by atoms with E-state index in [1.807, 2.05) is 25.7 Å². The predicted octanol–water partition coefficient (Wildman–Crippen LogP) is 4.34. The highest BCUT2D eigenvalue weighted by Gasteiger charge is 2.57. The third kappa shape index (κ3) is 4.61. The zero-order chi connectivity index (χ0) is 23.9. The Morgan fingerprint density at radius 3 is 2.03 bits per heavy atom. The molecule has 2 aromatic rings. The summed E-state index contributed by atoms with van der Waals surface area (Å²) in [6.07, 6.45) is 0.521. The summed E-state index contributed by atoms with van der Waals surface area (Å²) in [4.78, 5) is 14.6. The zero-order valence-electron chi connectivity index (χ0n) is 20.8. The van der Waals surface area contributed by atoms with Gasteiger partial charge in [-0.05, 0) is 36.2 Å². The average Bonchev–Trinajstić information content (AvgIpc) is 3.33. The molecule has 0 N–H and O–H groups in total. The highest BCUT2D eigenvalue weighted by Crippen LogP contribution is 2.42. The number of morpholine rings is 1. The third-order valence-electron chi connectivity index (χ3n) is 6.69. The number of benzene rings is 2. The number of hydrogen-bond donors (Lipinski definition) is 0. The molecule has 33 heavy (non-hydrogen) atoms. The molecule has 2 aliphatic heterocycles. The van der Waals surface area contributed by atoms with Crippen LogP contribution in [0.15, 0.2) is 60.7 Å². The molecule has 1 amide bonds. The third-order valence-corrected chi connectivity index (χ3v) is 11.7. The van der Waals surface area contributed by atoms with E-state index in [0.29, 0.717) is 19.8 Å². The molecule has 2 heterocycles. The molecule has 0 radical (unpaired) electrons. The lowest BCUT2D eigenvalue weighted by atomic mass is 10.1. The van der Waals surface area contributed by atoms with Crippen LogP contribution in [0.3, 0.4) is 0 Å². The first-order valence-electron chi connectivity index (χ1n) is 11.8. The van der Waals surface area contributed by atoms with Gasteiger partial charge in [-0.1, -0.05) is 81.4 Å². The Labute approximate surface area is 199 Å². The lowest BCUT2D eigenvalue weighted by molar-refractivity contribution is -0.0724. The second-order valence-corrected chi connectivity index (χ2v) is 15.7. The van der Waals surface area contributed by atoms with Crippen molar-refractivity contribution < 1.29 is 18.7 Å². The van der Waals surface area contributed by atoms with Crippen LogP contribution in [0.2, 0.25) is 5.04 Å². The predicted molar refractivity (Wildman–Crippen MR) is 134 cm³/mol. The van der Waals surface area contributed by atoms with Crippen molar-refractivity contribution in [2.45, 2.75) is 70.2 Å². The number of rotatable bonds is 5. The van der Waals surface area contributed by atoms with E-state index in [1.165, 1.54) is 10.4 Å². The van der Waals surface area contributed by atoms with Gasteiger partial charge in [0.1, 0.15) is 11.2 Å². The van der Waals surface area contributed by atoms with Crippen LogP contribution in [0, 0.1) is 0 Å². The van der Waals surface area contributed by atoms with Crippen LogP contribution in [-0.2, 0) is 13.9 Å². The molecule has 0 spiro atoms. The van der Waals surface area contributed by atoms with Crippen molar-refractivity contribution in [1.82, 2.24) is 4.90 Å². The highest BCUT2D eigenvalue weighted by molar-refractivity contribution is 6.99.